The van der Waals surface area contributed by atoms with Gasteiger partial charge in [0.25, 0.3) is 0 Å². The number of nitrogens with zero attached hydrogens (tertiary/aromatic N) is 2. The Labute approximate surface area is 100 Å². The van der Waals surface area contributed by atoms with Gasteiger partial charge in [-0.3, -0.25) is 4.40 Å². The summed E-state index contributed by atoms with van der Waals surface area (Å²) in [6, 6.07) is 4.20. The van der Waals surface area contributed by atoms with E-state index in [1.807, 2.05) is 16.2 Å². The number of nitrogens with two attached hydrogens (primary N) is 1. The van der Waals surface area contributed by atoms with E-state index in [0.717, 1.165) is 35.0 Å². The molecule has 86 valence electrons. The van der Waals surface area contributed by atoms with E-state index in [4.69, 9.17) is 5.73 Å². The molecule has 0 radical (unpaired) electrons. The third-order valence-electron chi connectivity index (χ3n) is 2.70. The number of pyridine rings is 1. The Morgan fingerprint density at radius 1 is 1.38 bits per heavy atom. The lowest BCUT2D eigenvalue weighted by Crippen LogP contribution is -2.00. The fraction of sp³-hybridized carbons (Fsp3) is 0.417. The van der Waals surface area contributed by atoms with Gasteiger partial charge in [0.15, 0.2) is 0 Å². The van der Waals surface area contributed by atoms with E-state index in [-0.39, 0.29) is 0 Å². The molecule has 0 aliphatic rings. The predicted molar refractivity (Wildman–Crippen MR) is 71.2 cm³/mol. The maximum absolute atomic E-state index is 6.12. The van der Waals surface area contributed by atoms with Gasteiger partial charge in [-0.05, 0) is 43.6 Å². The molecule has 0 fully saturated rings. The van der Waals surface area contributed by atoms with Crippen molar-refractivity contribution in [3.05, 3.63) is 29.1 Å². The summed E-state index contributed by atoms with van der Waals surface area (Å²) in [5, 5.41) is 0. The van der Waals surface area contributed by atoms with Gasteiger partial charge in [-0.1, -0.05) is 0 Å². The topological polar surface area (TPSA) is 43.3 Å². The molecule has 16 heavy (non-hydrogen) atoms. The zero-order chi connectivity index (χ0) is 11.7. The molecule has 0 saturated carbocycles. The van der Waals surface area contributed by atoms with Gasteiger partial charge >= 0.3 is 0 Å². The minimum absolute atomic E-state index is 0.793. The van der Waals surface area contributed by atoms with Crippen molar-refractivity contribution in [2.45, 2.75) is 20.3 Å². The van der Waals surface area contributed by atoms with Crippen molar-refractivity contribution in [2.75, 3.05) is 17.7 Å². The highest BCUT2D eigenvalue weighted by Gasteiger charge is 2.10. The van der Waals surface area contributed by atoms with Gasteiger partial charge in [-0.25, -0.2) is 4.98 Å². The van der Waals surface area contributed by atoms with Gasteiger partial charge in [-0.15, -0.1) is 0 Å². The lowest BCUT2D eigenvalue weighted by molar-refractivity contribution is 1.08. The molecule has 2 N–H and O–H groups in total. The van der Waals surface area contributed by atoms with Crippen molar-refractivity contribution in [2.24, 2.45) is 0 Å². The summed E-state index contributed by atoms with van der Waals surface area (Å²) in [7, 11) is 0. The summed E-state index contributed by atoms with van der Waals surface area (Å²) in [6.07, 6.45) is 3.04. The van der Waals surface area contributed by atoms with Crippen LogP contribution in [-0.2, 0) is 6.42 Å². The van der Waals surface area contributed by atoms with Gasteiger partial charge in [0.2, 0.25) is 0 Å². The molecular formula is C12H17N3S. The standard InChI is InChI=1S/C12H17N3S/c1-8-6-9(2)15-11(7-8)14-10(12(15)13)4-5-16-3/h6-7H,4-5,13H2,1-3H3. The summed E-state index contributed by atoms with van der Waals surface area (Å²) < 4.78 is 2.03. The number of hydrogen-bond donors (Lipinski definition) is 1. The van der Waals surface area contributed by atoms with Crippen LogP contribution in [0.4, 0.5) is 5.82 Å². The smallest absolute Gasteiger partial charge is 0.139 e. The molecule has 0 aliphatic carbocycles. The van der Waals surface area contributed by atoms with E-state index < -0.39 is 0 Å². The Hall–Kier alpha value is -1.16. The number of imidazole rings is 1. The lowest BCUT2D eigenvalue weighted by atomic mass is 10.2. The zero-order valence-corrected chi connectivity index (χ0v) is 10.8. The van der Waals surface area contributed by atoms with Crippen LogP contribution in [0.5, 0.6) is 0 Å². The molecule has 0 spiro atoms. The highest BCUT2D eigenvalue weighted by atomic mass is 32.2. The van der Waals surface area contributed by atoms with Gasteiger partial charge in [0, 0.05) is 12.1 Å². The minimum atomic E-state index is 0.793. The number of fused-ring (bicyclic) bond motifs is 1. The number of anilines is 1. The summed E-state index contributed by atoms with van der Waals surface area (Å²) in [5.41, 5.74) is 10.5. The average molecular weight is 235 g/mol. The minimum Gasteiger partial charge on any atom is -0.383 e. The number of hydrogen-bond acceptors (Lipinski definition) is 3. The maximum Gasteiger partial charge on any atom is 0.139 e. The van der Waals surface area contributed by atoms with Crippen LogP contribution in [0.25, 0.3) is 5.65 Å². The summed E-state index contributed by atoms with van der Waals surface area (Å²) in [4.78, 5) is 4.60. The zero-order valence-electron chi connectivity index (χ0n) is 9.95. The van der Waals surface area contributed by atoms with Crippen LogP contribution in [-0.4, -0.2) is 21.4 Å². The Morgan fingerprint density at radius 2 is 2.12 bits per heavy atom. The molecule has 0 aliphatic heterocycles. The van der Waals surface area contributed by atoms with Crippen molar-refractivity contribution in [1.82, 2.24) is 9.38 Å². The van der Waals surface area contributed by atoms with E-state index >= 15 is 0 Å². The van der Waals surface area contributed by atoms with E-state index in [9.17, 15) is 0 Å². The highest BCUT2D eigenvalue weighted by Crippen LogP contribution is 2.20. The van der Waals surface area contributed by atoms with Gasteiger partial charge in [-0.2, -0.15) is 11.8 Å². The van der Waals surface area contributed by atoms with E-state index in [0.29, 0.717) is 0 Å². The highest BCUT2D eigenvalue weighted by molar-refractivity contribution is 7.98. The molecule has 2 aromatic heterocycles. The lowest BCUT2D eigenvalue weighted by Gasteiger charge is -2.03. The molecule has 3 nitrogen and oxygen atoms in total. The number of rotatable bonds is 3. The third kappa shape index (κ3) is 1.89. The second-order valence-electron chi connectivity index (χ2n) is 4.05. The van der Waals surface area contributed by atoms with E-state index in [1.165, 1.54) is 5.56 Å². The van der Waals surface area contributed by atoms with Crippen LogP contribution >= 0.6 is 11.8 Å². The summed E-state index contributed by atoms with van der Waals surface area (Å²) >= 11 is 1.82. The Bertz CT molecular complexity index is 516. The number of aromatic nitrogens is 2. The van der Waals surface area contributed by atoms with Crippen LogP contribution in [0.1, 0.15) is 17.0 Å². The van der Waals surface area contributed by atoms with Crippen LogP contribution in [0.2, 0.25) is 0 Å². The van der Waals surface area contributed by atoms with Crippen LogP contribution in [0.3, 0.4) is 0 Å². The molecule has 2 aromatic rings. The Balaban J connectivity index is 2.54. The molecule has 2 rings (SSSR count). The van der Waals surface area contributed by atoms with Crippen LogP contribution in [0, 0.1) is 13.8 Å². The second-order valence-corrected chi connectivity index (χ2v) is 5.04. The quantitative estimate of drug-likeness (QED) is 0.888. The maximum atomic E-state index is 6.12. The van der Waals surface area contributed by atoms with E-state index in [2.05, 4.69) is 37.2 Å². The molecule has 0 saturated heterocycles. The molecular weight excluding hydrogens is 218 g/mol. The Kier molecular flexibility index (Phi) is 3.10. The summed E-state index contributed by atoms with van der Waals surface area (Å²) in [5.74, 6) is 1.85. The largest absolute Gasteiger partial charge is 0.383 e. The van der Waals surface area contributed by atoms with Gasteiger partial charge in [0.1, 0.15) is 11.5 Å². The summed E-state index contributed by atoms with van der Waals surface area (Å²) in [6.45, 7) is 4.15. The molecule has 4 heteroatoms. The first-order valence-electron chi connectivity index (χ1n) is 5.36. The molecule has 0 bridgehead atoms. The first-order valence-corrected chi connectivity index (χ1v) is 6.76. The van der Waals surface area contributed by atoms with E-state index in [1.54, 1.807) is 0 Å². The van der Waals surface area contributed by atoms with Crippen molar-refractivity contribution in [3.63, 3.8) is 0 Å². The van der Waals surface area contributed by atoms with Crippen molar-refractivity contribution < 1.29 is 0 Å². The second kappa shape index (κ2) is 4.37. The molecule has 0 amide bonds. The fourth-order valence-corrected chi connectivity index (χ4v) is 2.39. The fourth-order valence-electron chi connectivity index (χ4n) is 1.99. The predicted octanol–water partition coefficient (Wildman–Crippen LogP) is 2.44. The van der Waals surface area contributed by atoms with Crippen molar-refractivity contribution in [3.8, 4) is 0 Å². The SMILES string of the molecule is CSCCc1nc2cc(C)cc(C)n2c1N. The number of thioether (sulfide) groups is 1. The monoisotopic (exact) mass is 235 g/mol. The molecule has 2 heterocycles. The first kappa shape index (κ1) is 11.3. The number of nitrogen functional groups attached to an aromatic ring is 1. The normalized spacial score (nSPS) is 11.2. The van der Waals surface area contributed by atoms with Crippen molar-refractivity contribution in [1.29, 1.82) is 0 Å². The van der Waals surface area contributed by atoms with Gasteiger partial charge < -0.3 is 5.73 Å². The van der Waals surface area contributed by atoms with Crippen molar-refractivity contribution >= 4 is 23.2 Å². The van der Waals surface area contributed by atoms with Crippen LogP contribution < -0.4 is 5.73 Å². The van der Waals surface area contributed by atoms with Crippen LogP contribution in [0.15, 0.2) is 12.1 Å². The number of aryl methyl sites for hydroxylation is 3. The Morgan fingerprint density at radius 3 is 2.81 bits per heavy atom. The molecule has 0 unspecified atom stereocenters. The molecule has 0 aromatic carbocycles. The first-order chi connectivity index (χ1) is 7.63. The third-order valence-corrected chi connectivity index (χ3v) is 3.32. The van der Waals surface area contributed by atoms with Gasteiger partial charge in [0.05, 0.1) is 5.69 Å². The average Bonchev–Trinajstić information content (AvgIpc) is 2.52. The molecule has 0 atom stereocenters.